The van der Waals surface area contributed by atoms with Gasteiger partial charge in [0.15, 0.2) is 0 Å². The van der Waals surface area contributed by atoms with Gasteiger partial charge in [0.05, 0.1) is 12.7 Å². The van der Waals surface area contributed by atoms with E-state index in [-0.39, 0.29) is 18.1 Å². The van der Waals surface area contributed by atoms with Crippen molar-refractivity contribution in [1.82, 2.24) is 5.32 Å². The zero-order valence-corrected chi connectivity index (χ0v) is 14.9. The molecule has 1 aromatic carbocycles. The molecule has 0 aromatic heterocycles. The first-order valence-electron chi connectivity index (χ1n) is 8.66. The highest BCUT2D eigenvalue weighted by atomic mass is 32.2. The summed E-state index contributed by atoms with van der Waals surface area (Å²) in [4.78, 5) is 12.4. The number of ether oxygens (including phenoxy) is 2. The molecule has 2 aliphatic heterocycles. The molecule has 2 aliphatic rings. The summed E-state index contributed by atoms with van der Waals surface area (Å²) in [7, 11) is 0. The van der Waals surface area contributed by atoms with E-state index >= 15 is 0 Å². The Morgan fingerprint density at radius 2 is 2.17 bits per heavy atom. The van der Waals surface area contributed by atoms with Crippen molar-refractivity contribution in [2.75, 3.05) is 31.7 Å². The average Bonchev–Trinajstić information content (AvgIpc) is 2.61. The third kappa shape index (κ3) is 4.96. The Balaban J connectivity index is 1.53. The molecule has 0 spiro atoms. The van der Waals surface area contributed by atoms with Crippen LogP contribution in [-0.4, -0.2) is 49.7 Å². The fraction of sp³-hybridized carbons (Fsp3) is 0.611. The summed E-state index contributed by atoms with van der Waals surface area (Å²) in [5, 5.41) is 6.91. The maximum absolute atomic E-state index is 12.4. The molecule has 2 saturated heterocycles. The summed E-state index contributed by atoms with van der Waals surface area (Å²) in [5.74, 6) is 0.937. The molecule has 2 fully saturated rings. The van der Waals surface area contributed by atoms with Gasteiger partial charge in [0.25, 0.3) is 0 Å². The Bertz CT molecular complexity index is 549. The van der Waals surface area contributed by atoms with Gasteiger partial charge in [-0.1, -0.05) is 12.1 Å². The van der Waals surface area contributed by atoms with Gasteiger partial charge in [-0.05, 0) is 37.5 Å². The van der Waals surface area contributed by atoms with E-state index in [1.54, 1.807) is 0 Å². The van der Waals surface area contributed by atoms with Gasteiger partial charge in [0.1, 0.15) is 6.04 Å². The van der Waals surface area contributed by atoms with E-state index in [2.05, 4.69) is 22.8 Å². The van der Waals surface area contributed by atoms with Gasteiger partial charge in [0, 0.05) is 36.4 Å². The Kier molecular flexibility index (Phi) is 6.54. The van der Waals surface area contributed by atoms with Crippen LogP contribution >= 0.6 is 11.8 Å². The number of amides is 1. The first kappa shape index (κ1) is 17.7. The van der Waals surface area contributed by atoms with Crippen molar-refractivity contribution in [3.05, 3.63) is 29.8 Å². The van der Waals surface area contributed by atoms with Crippen LogP contribution in [0.2, 0.25) is 0 Å². The van der Waals surface area contributed by atoms with Crippen LogP contribution in [0.4, 0.5) is 5.69 Å². The second-order valence-electron chi connectivity index (χ2n) is 6.32. The van der Waals surface area contributed by atoms with E-state index in [4.69, 9.17) is 9.47 Å². The highest BCUT2D eigenvalue weighted by Gasteiger charge is 2.28. The molecule has 3 rings (SSSR count). The number of carbonyl (C=O) groups is 1. The molecule has 2 N–H and O–H groups in total. The zero-order valence-electron chi connectivity index (χ0n) is 14.1. The standard InChI is InChI=1S/C18H26N2O3S/c1-13-17(19-7-10-23-13)18(21)20-15-4-2-3-14(11-15)12-24-16-5-8-22-9-6-16/h2-4,11,13,16-17,19H,5-10,12H2,1H3,(H,20,21)/t13-,17+/m1/s1. The molecule has 0 unspecified atom stereocenters. The quantitative estimate of drug-likeness (QED) is 0.854. The van der Waals surface area contributed by atoms with Crippen LogP contribution in [0.15, 0.2) is 24.3 Å². The number of carbonyl (C=O) groups excluding carboxylic acids is 1. The molecule has 6 heteroatoms. The van der Waals surface area contributed by atoms with Crippen molar-refractivity contribution in [3.63, 3.8) is 0 Å². The predicted octanol–water partition coefficient (Wildman–Crippen LogP) is 2.41. The Hall–Kier alpha value is -1.08. The Morgan fingerprint density at radius 3 is 2.96 bits per heavy atom. The average molecular weight is 350 g/mol. The minimum Gasteiger partial charge on any atom is -0.381 e. The van der Waals surface area contributed by atoms with Crippen LogP contribution in [0.1, 0.15) is 25.3 Å². The summed E-state index contributed by atoms with van der Waals surface area (Å²) >= 11 is 1.98. The molecule has 1 aromatic rings. The lowest BCUT2D eigenvalue weighted by molar-refractivity contribution is -0.123. The normalized spacial score (nSPS) is 25.4. The zero-order chi connectivity index (χ0) is 16.8. The third-order valence-corrected chi connectivity index (χ3v) is 5.89. The molecule has 0 bridgehead atoms. The highest BCUT2D eigenvalue weighted by Crippen LogP contribution is 2.26. The summed E-state index contributed by atoms with van der Waals surface area (Å²) in [5.41, 5.74) is 2.09. The summed E-state index contributed by atoms with van der Waals surface area (Å²) in [6.07, 6.45) is 2.16. The molecule has 0 aliphatic carbocycles. The van der Waals surface area contributed by atoms with E-state index < -0.39 is 0 Å². The molecular weight excluding hydrogens is 324 g/mol. The highest BCUT2D eigenvalue weighted by molar-refractivity contribution is 7.99. The molecule has 2 heterocycles. The van der Waals surface area contributed by atoms with Crippen molar-refractivity contribution < 1.29 is 14.3 Å². The lowest BCUT2D eigenvalue weighted by Crippen LogP contribution is -2.53. The lowest BCUT2D eigenvalue weighted by Gasteiger charge is -2.29. The number of thioether (sulfide) groups is 1. The third-order valence-electron chi connectivity index (χ3n) is 4.45. The van der Waals surface area contributed by atoms with Crippen molar-refractivity contribution in [2.24, 2.45) is 0 Å². The van der Waals surface area contributed by atoms with Crippen molar-refractivity contribution in [2.45, 2.75) is 42.9 Å². The molecule has 132 valence electrons. The first-order valence-corrected chi connectivity index (χ1v) is 9.71. The second-order valence-corrected chi connectivity index (χ2v) is 7.61. The summed E-state index contributed by atoms with van der Waals surface area (Å²) < 4.78 is 10.9. The number of anilines is 1. The molecular formula is C18H26N2O3S. The first-order chi connectivity index (χ1) is 11.7. The van der Waals surface area contributed by atoms with Crippen LogP contribution in [0.25, 0.3) is 0 Å². The minimum absolute atomic E-state index is 0.0311. The Morgan fingerprint density at radius 1 is 1.33 bits per heavy atom. The van der Waals surface area contributed by atoms with E-state index in [0.29, 0.717) is 18.4 Å². The van der Waals surface area contributed by atoms with Gasteiger partial charge in [-0.15, -0.1) is 0 Å². The monoisotopic (exact) mass is 350 g/mol. The van der Waals surface area contributed by atoms with Crippen molar-refractivity contribution >= 4 is 23.4 Å². The van der Waals surface area contributed by atoms with Crippen LogP contribution in [0.5, 0.6) is 0 Å². The maximum Gasteiger partial charge on any atom is 0.244 e. The molecule has 2 atom stereocenters. The SMILES string of the molecule is C[C@H]1OCCN[C@@H]1C(=O)Nc1cccc(CSC2CCOCC2)c1. The molecule has 5 nitrogen and oxygen atoms in total. The maximum atomic E-state index is 12.4. The number of rotatable bonds is 5. The topological polar surface area (TPSA) is 59.6 Å². The number of hydrogen-bond donors (Lipinski definition) is 2. The van der Waals surface area contributed by atoms with Crippen LogP contribution in [0.3, 0.4) is 0 Å². The van der Waals surface area contributed by atoms with E-state index in [0.717, 1.165) is 37.5 Å². The van der Waals surface area contributed by atoms with Crippen LogP contribution in [-0.2, 0) is 20.0 Å². The molecule has 0 radical (unpaired) electrons. The van der Waals surface area contributed by atoms with Crippen molar-refractivity contribution in [3.8, 4) is 0 Å². The number of benzene rings is 1. The van der Waals surface area contributed by atoms with Gasteiger partial charge >= 0.3 is 0 Å². The second kappa shape index (κ2) is 8.85. The lowest BCUT2D eigenvalue weighted by atomic mass is 10.1. The van der Waals surface area contributed by atoms with Crippen molar-refractivity contribution in [1.29, 1.82) is 0 Å². The van der Waals surface area contributed by atoms with Crippen LogP contribution < -0.4 is 10.6 Å². The molecule has 0 saturated carbocycles. The number of nitrogens with one attached hydrogen (secondary N) is 2. The Labute approximate surface area is 147 Å². The molecule has 1 amide bonds. The van der Waals surface area contributed by atoms with E-state index in [9.17, 15) is 4.79 Å². The number of hydrogen-bond acceptors (Lipinski definition) is 5. The largest absolute Gasteiger partial charge is 0.381 e. The summed E-state index contributed by atoms with van der Waals surface area (Å²) in [6, 6.07) is 7.84. The van der Waals surface area contributed by atoms with Gasteiger partial charge in [0.2, 0.25) is 5.91 Å². The number of morpholine rings is 1. The minimum atomic E-state index is -0.293. The van der Waals surface area contributed by atoms with Gasteiger partial charge < -0.3 is 20.1 Å². The predicted molar refractivity (Wildman–Crippen MR) is 97.4 cm³/mol. The van der Waals surface area contributed by atoms with Gasteiger partial charge in [-0.2, -0.15) is 11.8 Å². The summed E-state index contributed by atoms with van der Waals surface area (Å²) in [6.45, 7) is 5.05. The smallest absolute Gasteiger partial charge is 0.244 e. The molecule has 24 heavy (non-hydrogen) atoms. The van der Waals surface area contributed by atoms with Crippen LogP contribution in [0, 0.1) is 0 Å². The van der Waals surface area contributed by atoms with E-state index in [1.165, 1.54) is 5.56 Å². The van der Waals surface area contributed by atoms with E-state index in [1.807, 2.05) is 30.8 Å². The van der Waals surface area contributed by atoms with Gasteiger partial charge in [-0.3, -0.25) is 4.79 Å². The fourth-order valence-corrected chi connectivity index (χ4v) is 4.18. The fourth-order valence-electron chi connectivity index (χ4n) is 3.04. The van der Waals surface area contributed by atoms with Gasteiger partial charge in [-0.25, -0.2) is 0 Å².